The molecule has 1 N–H and O–H groups in total. The Morgan fingerprint density at radius 3 is 2.73 bits per heavy atom. The van der Waals surface area contributed by atoms with E-state index in [-0.39, 0.29) is 18.8 Å². The van der Waals surface area contributed by atoms with Crippen LogP contribution in [0.5, 0.6) is 0 Å². The lowest BCUT2D eigenvalue weighted by atomic mass is 9.70. The van der Waals surface area contributed by atoms with E-state index in [0.29, 0.717) is 12.3 Å². The second-order valence-corrected chi connectivity index (χ2v) is 7.97. The van der Waals surface area contributed by atoms with Crippen LogP contribution in [0.1, 0.15) is 54.7 Å². The van der Waals surface area contributed by atoms with Crippen LogP contribution in [0.4, 0.5) is 4.39 Å². The van der Waals surface area contributed by atoms with Gasteiger partial charge in [0.2, 0.25) is 0 Å². The molecule has 0 unspecified atom stereocenters. The Labute approximate surface area is 137 Å². The molecule has 0 bridgehead atoms. The monoisotopic (exact) mass is 325 g/mol. The average Bonchev–Trinajstić information content (AvgIpc) is 3.05. The third kappa shape index (κ3) is 2.98. The van der Waals surface area contributed by atoms with Gasteiger partial charge >= 0.3 is 0 Å². The van der Waals surface area contributed by atoms with Gasteiger partial charge in [-0.3, -0.25) is 9.29 Å². The molecule has 0 radical (unpaired) electrons. The summed E-state index contributed by atoms with van der Waals surface area (Å²) in [5.41, 5.74) is 0.00660. The first-order valence-corrected chi connectivity index (χ1v) is 9.64. The average molecular weight is 325 g/mol. The van der Waals surface area contributed by atoms with Crippen molar-refractivity contribution in [2.45, 2.75) is 56.9 Å². The molecule has 2 nitrogen and oxygen atoms in total. The molecule has 2 fully saturated rings. The highest BCUT2D eigenvalue weighted by atomic mass is 32.1. The molecule has 4 heteroatoms. The number of thiophene rings is 1. The number of likely N-dealkylation sites (tertiary alicyclic amines) is 1. The van der Waals surface area contributed by atoms with Crippen LogP contribution in [0.25, 0.3) is 0 Å². The predicted octanol–water partition coefficient (Wildman–Crippen LogP) is 4.12. The minimum Gasteiger partial charge on any atom is -0.396 e. The number of aliphatic hydroxyl groups excluding tert-OH is 1. The lowest BCUT2D eigenvalue weighted by Crippen LogP contribution is -2.55. The van der Waals surface area contributed by atoms with Gasteiger partial charge in [-0.15, -0.1) is 11.3 Å². The SMILES string of the molecule is OC[C@@H]1CCCC[C@@]1(c1ccc(CCF)s1)N1CCCCC1. The number of aliphatic hydroxyl groups is 1. The number of aryl methyl sites for hydroxylation is 1. The van der Waals surface area contributed by atoms with Gasteiger partial charge < -0.3 is 5.11 Å². The molecule has 1 saturated heterocycles. The van der Waals surface area contributed by atoms with Crippen LogP contribution in [0.2, 0.25) is 0 Å². The number of hydrogen-bond donors (Lipinski definition) is 1. The molecule has 2 atom stereocenters. The highest BCUT2D eigenvalue weighted by molar-refractivity contribution is 7.12. The Morgan fingerprint density at radius 1 is 1.18 bits per heavy atom. The molecule has 0 spiro atoms. The zero-order valence-electron chi connectivity index (χ0n) is 13.4. The fraction of sp³-hybridized carbons (Fsp3) is 0.778. The summed E-state index contributed by atoms with van der Waals surface area (Å²) < 4.78 is 12.7. The maximum Gasteiger partial charge on any atom is 0.0942 e. The fourth-order valence-corrected chi connectivity index (χ4v) is 5.81. The van der Waals surface area contributed by atoms with Crippen LogP contribution >= 0.6 is 11.3 Å². The van der Waals surface area contributed by atoms with Crippen LogP contribution < -0.4 is 0 Å². The smallest absolute Gasteiger partial charge is 0.0942 e. The van der Waals surface area contributed by atoms with Crippen molar-refractivity contribution in [2.75, 3.05) is 26.4 Å². The standard InChI is InChI=1S/C18H28FNOS/c19-11-9-16-7-8-17(22-16)18(20-12-4-1-5-13-20)10-3-2-6-15(18)14-21/h7-8,15,21H,1-6,9-14H2/t15-,18+/m0/s1. The molecule has 2 heterocycles. The Kier molecular flexibility index (Phi) is 5.53. The van der Waals surface area contributed by atoms with Gasteiger partial charge in [0.25, 0.3) is 0 Å². The van der Waals surface area contributed by atoms with Gasteiger partial charge in [-0.1, -0.05) is 19.3 Å². The van der Waals surface area contributed by atoms with Crippen molar-refractivity contribution in [2.24, 2.45) is 5.92 Å². The molecular formula is C18H28FNOS. The lowest BCUT2D eigenvalue weighted by molar-refractivity contribution is -0.0360. The van der Waals surface area contributed by atoms with E-state index < -0.39 is 0 Å². The highest BCUT2D eigenvalue weighted by Gasteiger charge is 2.47. The second kappa shape index (κ2) is 7.41. The fourth-order valence-electron chi connectivity index (χ4n) is 4.50. The van der Waals surface area contributed by atoms with Crippen molar-refractivity contribution in [3.8, 4) is 0 Å². The zero-order chi connectivity index (χ0) is 15.4. The van der Waals surface area contributed by atoms with Gasteiger partial charge in [-0.25, -0.2) is 0 Å². The Hall–Kier alpha value is -0.450. The van der Waals surface area contributed by atoms with Gasteiger partial charge in [-0.2, -0.15) is 0 Å². The van der Waals surface area contributed by atoms with Gasteiger partial charge in [0.05, 0.1) is 12.2 Å². The van der Waals surface area contributed by atoms with Gasteiger partial charge in [0.1, 0.15) is 0 Å². The van der Waals surface area contributed by atoms with Crippen LogP contribution in [0, 0.1) is 5.92 Å². The molecule has 3 rings (SSSR count). The topological polar surface area (TPSA) is 23.5 Å². The molecule has 1 aromatic heterocycles. The largest absolute Gasteiger partial charge is 0.396 e. The summed E-state index contributed by atoms with van der Waals surface area (Å²) in [6.07, 6.45) is 9.12. The minimum absolute atomic E-state index is 0.00660. The third-order valence-corrected chi connectivity index (χ3v) is 6.92. The number of rotatable bonds is 5. The summed E-state index contributed by atoms with van der Waals surface area (Å²) in [7, 11) is 0. The molecule has 0 aromatic carbocycles. The summed E-state index contributed by atoms with van der Waals surface area (Å²) in [5, 5.41) is 10.0. The lowest BCUT2D eigenvalue weighted by Gasteiger charge is -2.52. The molecule has 22 heavy (non-hydrogen) atoms. The van der Waals surface area contributed by atoms with Crippen molar-refractivity contribution >= 4 is 11.3 Å². The van der Waals surface area contributed by atoms with Gasteiger partial charge in [0.15, 0.2) is 0 Å². The number of piperidine rings is 1. The quantitative estimate of drug-likeness (QED) is 0.880. The van der Waals surface area contributed by atoms with E-state index in [9.17, 15) is 9.50 Å². The number of halogens is 1. The van der Waals surface area contributed by atoms with E-state index >= 15 is 0 Å². The number of nitrogens with zero attached hydrogens (tertiary/aromatic N) is 1. The summed E-state index contributed by atoms with van der Waals surface area (Å²) >= 11 is 1.78. The van der Waals surface area contributed by atoms with Gasteiger partial charge in [-0.05, 0) is 50.9 Å². The Morgan fingerprint density at radius 2 is 2.00 bits per heavy atom. The summed E-state index contributed by atoms with van der Waals surface area (Å²) in [5.74, 6) is 0.330. The van der Waals surface area contributed by atoms with Crippen molar-refractivity contribution < 1.29 is 9.50 Å². The van der Waals surface area contributed by atoms with Gasteiger partial charge in [0, 0.05) is 28.7 Å². The minimum atomic E-state index is -0.278. The molecule has 0 amide bonds. The van der Waals surface area contributed by atoms with E-state index in [2.05, 4.69) is 17.0 Å². The molecule has 2 aliphatic rings. The van der Waals surface area contributed by atoms with Crippen molar-refractivity contribution in [1.82, 2.24) is 4.90 Å². The van der Waals surface area contributed by atoms with Crippen LogP contribution in [-0.4, -0.2) is 36.4 Å². The number of hydrogen-bond acceptors (Lipinski definition) is 3. The van der Waals surface area contributed by atoms with Crippen LogP contribution in [0.15, 0.2) is 12.1 Å². The molecular weight excluding hydrogens is 297 g/mol. The first-order chi connectivity index (χ1) is 10.8. The molecule has 1 aromatic rings. The predicted molar refractivity (Wildman–Crippen MR) is 90.1 cm³/mol. The van der Waals surface area contributed by atoms with Crippen molar-refractivity contribution in [1.29, 1.82) is 0 Å². The van der Waals surface area contributed by atoms with Crippen LogP contribution in [-0.2, 0) is 12.0 Å². The normalized spacial score (nSPS) is 30.5. The molecule has 124 valence electrons. The van der Waals surface area contributed by atoms with Crippen molar-refractivity contribution in [3.63, 3.8) is 0 Å². The summed E-state index contributed by atoms with van der Waals surface area (Å²) in [6, 6.07) is 4.33. The zero-order valence-corrected chi connectivity index (χ0v) is 14.2. The van der Waals surface area contributed by atoms with Crippen molar-refractivity contribution in [3.05, 3.63) is 21.9 Å². The maximum absolute atomic E-state index is 12.7. The molecule has 1 aliphatic heterocycles. The Bertz CT molecular complexity index is 471. The first kappa shape index (κ1) is 16.4. The maximum atomic E-state index is 12.7. The van der Waals surface area contributed by atoms with E-state index in [1.54, 1.807) is 11.3 Å². The molecule has 1 aliphatic carbocycles. The highest BCUT2D eigenvalue weighted by Crippen LogP contribution is 2.49. The van der Waals surface area contributed by atoms with Crippen LogP contribution in [0.3, 0.4) is 0 Å². The number of alkyl halides is 1. The summed E-state index contributed by atoms with van der Waals surface area (Å²) in [6.45, 7) is 2.28. The second-order valence-electron chi connectivity index (χ2n) is 6.80. The Balaban J connectivity index is 1.96. The summed E-state index contributed by atoms with van der Waals surface area (Å²) in [4.78, 5) is 5.18. The molecule has 1 saturated carbocycles. The van der Waals surface area contributed by atoms with E-state index in [4.69, 9.17) is 0 Å². The van der Waals surface area contributed by atoms with E-state index in [0.717, 1.165) is 30.8 Å². The first-order valence-electron chi connectivity index (χ1n) is 8.82. The third-order valence-electron chi connectivity index (χ3n) is 5.61. The van der Waals surface area contributed by atoms with E-state index in [1.165, 1.54) is 37.0 Å². The van der Waals surface area contributed by atoms with E-state index in [1.807, 2.05) is 0 Å².